The molecule has 3 aliphatic rings. The van der Waals surface area contributed by atoms with Gasteiger partial charge in [-0.1, -0.05) is 19.1 Å². The number of carbonyl (C=O) groups excluding carboxylic acids is 1. The Hall–Kier alpha value is -2.44. The summed E-state index contributed by atoms with van der Waals surface area (Å²) in [7, 11) is 0. The molecule has 0 unspecified atom stereocenters. The minimum Gasteiger partial charge on any atom is -0.341 e. The van der Waals surface area contributed by atoms with E-state index in [1.807, 2.05) is 17.0 Å². The molecule has 1 saturated heterocycles. The van der Waals surface area contributed by atoms with Crippen LogP contribution in [0.1, 0.15) is 56.5 Å². The van der Waals surface area contributed by atoms with Gasteiger partial charge in [0.1, 0.15) is 17.7 Å². The number of benzene rings is 1. The van der Waals surface area contributed by atoms with Crippen molar-refractivity contribution in [3.8, 4) is 0 Å². The Morgan fingerprint density at radius 2 is 2.00 bits per heavy atom. The molecule has 1 amide bonds. The third-order valence-electron chi connectivity index (χ3n) is 6.91. The number of hydrogen-bond acceptors (Lipinski definition) is 3. The van der Waals surface area contributed by atoms with Gasteiger partial charge in [-0.2, -0.15) is 5.10 Å². The fourth-order valence-corrected chi connectivity index (χ4v) is 4.99. The molecule has 5 rings (SSSR count). The van der Waals surface area contributed by atoms with Crippen molar-refractivity contribution in [1.29, 1.82) is 0 Å². The molecule has 2 fully saturated rings. The van der Waals surface area contributed by atoms with Crippen molar-refractivity contribution in [1.82, 2.24) is 19.2 Å². The van der Waals surface area contributed by atoms with Gasteiger partial charge in [-0.15, -0.1) is 0 Å². The Morgan fingerprint density at radius 1 is 1.24 bits per heavy atom. The van der Waals surface area contributed by atoms with Gasteiger partial charge >= 0.3 is 5.69 Å². The third kappa shape index (κ3) is 3.20. The first-order valence-corrected chi connectivity index (χ1v) is 10.7. The van der Waals surface area contributed by atoms with Crippen LogP contribution in [-0.4, -0.2) is 38.2 Å². The highest BCUT2D eigenvalue weighted by Gasteiger charge is 2.46. The summed E-state index contributed by atoms with van der Waals surface area (Å²) in [4.78, 5) is 28.3. The van der Waals surface area contributed by atoms with E-state index in [-0.39, 0.29) is 22.8 Å². The normalized spacial score (nSPS) is 25.1. The van der Waals surface area contributed by atoms with E-state index >= 15 is 0 Å². The van der Waals surface area contributed by atoms with Crippen molar-refractivity contribution in [2.45, 2.75) is 63.5 Å². The number of nitrogens with zero attached hydrogens (tertiary/aromatic N) is 4. The smallest absolute Gasteiger partial charge is 0.341 e. The van der Waals surface area contributed by atoms with Crippen LogP contribution < -0.4 is 5.69 Å². The molecule has 29 heavy (non-hydrogen) atoms. The Balaban J connectivity index is 1.43. The molecule has 0 radical (unpaired) electrons. The molecule has 1 aromatic carbocycles. The number of halogens is 1. The minimum atomic E-state index is -0.425. The zero-order valence-corrected chi connectivity index (χ0v) is 16.8. The van der Waals surface area contributed by atoms with Crippen molar-refractivity contribution < 1.29 is 9.18 Å². The summed E-state index contributed by atoms with van der Waals surface area (Å²) in [6, 6.07) is 6.14. The summed E-state index contributed by atoms with van der Waals surface area (Å²) in [5.41, 5.74) is 0.723. The first kappa shape index (κ1) is 18.6. The van der Waals surface area contributed by atoms with Gasteiger partial charge in [-0.3, -0.25) is 9.36 Å². The number of rotatable bonds is 4. The van der Waals surface area contributed by atoms with Crippen molar-refractivity contribution in [3.05, 3.63) is 52.0 Å². The number of amides is 1. The molecule has 1 aromatic heterocycles. The average Bonchev–Trinajstić information content (AvgIpc) is 3.26. The fraction of sp³-hybridized carbons (Fsp3) is 0.591. The zero-order valence-electron chi connectivity index (χ0n) is 16.8. The molecule has 2 aliphatic heterocycles. The lowest BCUT2D eigenvalue weighted by Gasteiger charge is -2.27. The van der Waals surface area contributed by atoms with Crippen LogP contribution in [0.5, 0.6) is 0 Å². The van der Waals surface area contributed by atoms with E-state index in [1.165, 1.54) is 12.1 Å². The monoisotopic (exact) mass is 398 g/mol. The topological polar surface area (TPSA) is 60.1 Å². The van der Waals surface area contributed by atoms with Gasteiger partial charge < -0.3 is 4.90 Å². The van der Waals surface area contributed by atoms with Gasteiger partial charge in [0.2, 0.25) is 5.91 Å². The summed E-state index contributed by atoms with van der Waals surface area (Å²) in [5.74, 6) is 1.06. The van der Waals surface area contributed by atoms with E-state index in [0.29, 0.717) is 18.9 Å². The summed E-state index contributed by atoms with van der Waals surface area (Å²) in [6.45, 7) is 4.21. The van der Waals surface area contributed by atoms with Crippen molar-refractivity contribution >= 4 is 5.91 Å². The van der Waals surface area contributed by atoms with Crippen LogP contribution in [0.15, 0.2) is 29.1 Å². The van der Waals surface area contributed by atoms with Crippen molar-refractivity contribution in [2.75, 3.05) is 13.1 Å². The molecule has 1 aliphatic carbocycles. The van der Waals surface area contributed by atoms with Gasteiger partial charge in [0.15, 0.2) is 0 Å². The number of aromatic nitrogens is 3. The quantitative estimate of drug-likeness (QED) is 0.796. The van der Waals surface area contributed by atoms with Crippen molar-refractivity contribution in [3.63, 3.8) is 0 Å². The molecule has 0 N–H and O–H groups in total. The van der Waals surface area contributed by atoms with Crippen LogP contribution in [0.3, 0.4) is 0 Å². The second-order valence-electron chi connectivity index (χ2n) is 9.10. The predicted octanol–water partition coefficient (Wildman–Crippen LogP) is 2.66. The highest BCUT2D eigenvalue weighted by Crippen LogP contribution is 2.49. The van der Waals surface area contributed by atoms with Gasteiger partial charge in [0, 0.05) is 24.9 Å². The maximum atomic E-state index is 13.3. The van der Waals surface area contributed by atoms with Crippen LogP contribution in [0.4, 0.5) is 4.39 Å². The number of fused-ring (bicyclic) bond motifs is 1. The molecule has 6 nitrogen and oxygen atoms in total. The molecule has 2 atom stereocenters. The van der Waals surface area contributed by atoms with Gasteiger partial charge in [-0.25, -0.2) is 13.9 Å². The summed E-state index contributed by atoms with van der Waals surface area (Å²) < 4.78 is 16.5. The highest BCUT2D eigenvalue weighted by molar-refractivity contribution is 5.81. The number of likely N-dealkylation sites (tertiary alicyclic amines) is 1. The Kier molecular flexibility index (Phi) is 4.37. The van der Waals surface area contributed by atoms with E-state index in [2.05, 4.69) is 12.0 Å². The SMILES string of the molecule is C[C@H]1CCN(C(=O)[C@@H]2CCCc3nn(CC4(c5ccc(F)cc5)CC4)c(=O)n32)C1. The first-order valence-electron chi connectivity index (χ1n) is 10.7. The maximum absolute atomic E-state index is 13.3. The lowest BCUT2D eigenvalue weighted by molar-refractivity contribution is -0.134. The lowest BCUT2D eigenvalue weighted by Crippen LogP contribution is -2.42. The third-order valence-corrected chi connectivity index (χ3v) is 6.91. The molecule has 0 bridgehead atoms. The Bertz CT molecular complexity index is 989. The predicted molar refractivity (Wildman–Crippen MR) is 106 cm³/mol. The van der Waals surface area contributed by atoms with E-state index in [4.69, 9.17) is 0 Å². The van der Waals surface area contributed by atoms with Crippen LogP contribution in [0, 0.1) is 11.7 Å². The van der Waals surface area contributed by atoms with Crippen LogP contribution in [0.2, 0.25) is 0 Å². The average molecular weight is 398 g/mol. The van der Waals surface area contributed by atoms with Crippen LogP contribution in [0.25, 0.3) is 0 Å². The van der Waals surface area contributed by atoms with E-state index < -0.39 is 6.04 Å². The van der Waals surface area contributed by atoms with E-state index in [1.54, 1.807) is 9.25 Å². The number of hydrogen-bond donors (Lipinski definition) is 0. The minimum absolute atomic E-state index is 0.0663. The van der Waals surface area contributed by atoms with Crippen LogP contribution >= 0.6 is 0 Å². The Morgan fingerprint density at radius 3 is 2.66 bits per heavy atom. The summed E-state index contributed by atoms with van der Waals surface area (Å²) in [6.07, 6.45) is 5.25. The number of aryl methyl sites for hydroxylation is 1. The lowest BCUT2D eigenvalue weighted by atomic mass is 9.96. The number of carbonyl (C=O) groups is 1. The van der Waals surface area contributed by atoms with Gasteiger partial charge in [0.25, 0.3) is 0 Å². The molecule has 154 valence electrons. The molecule has 0 spiro atoms. The molecule has 1 saturated carbocycles. The zero-order chi connectivity index (χ0) is 20.2. The second-order valence-corrected chi connectivity index (χ2v) is 9.10. The standard InChI is InChI=1S/C22H27FN4O2/c1-15-9-12-25(13-15)20(28)18-3-2-4-19-24-26(21(29)27(18)19)14-22(10-11-22)16-5-7-17(23)8-6-16/h5-8,15,18H,2-4,9-14H2,1H3/t15-,18-/m0/s1. The van der Waals surface area contributed by atoms with Crippen molar-refractivity contribution in [2.24, 2.45) is 5.92 Å². The highest BCUT2D eigenvalue weighted by atomic mass is 19.1. The van der Waals surface area contributed by atoms with E-state index in [9.17, 15) is 14.0 Å². The van der Waals surface area contributed by atoms with Crippen LogP contribution in [-0.2, 0) is 23.2 Å². The molecule has 7 heteroatoms. The molecular formula is C22H27FN4O2. The molecule has 2 aromatic rings. The Labute approximate surface area is 169 Å². The molecule has 3 heterocycles. The fourth-order valence-electron chi connectivity index (χ4n) is 4.99. The van der Waals surface area contributed by atoms with E-state index in [0.717, 1.165) is 56.6 Å². The maximum Gasteiger partial charge on any atom is 0.346 e. The second kappa shape index (κ2) is 6.82. The van der Waals surface area contributed by atoms with Gasteiger partial charge in [-0.05, 0) is 55.7 Å². The summed E-state index contributed by atoms with van der Waals surface area (Å²) >= 11 is 0. The molecular weight excluding hydrogens is 371 g/mol. The first-order chi connectivity index (χ1) is 14.0. The summed E-state index contributed by atoms with van der Waals surface area (Å²) in [5, 5.41) is 4.62. The largest absolute Gasteiger partial charge is 0.346 e. The van der Waals surface area contributed by atoms with Gasteiger partial charge in [0.05, 0.1) is 6.54 Å².